The minimum Gasteiger partial charge on any atom is -0.367 e. The zero-order chi connectivity index (χ0) is 15.0. The quantitative estimate of drug-likeness (QED) is 0.659. The molecule has 8 heteroatoms. The molecule has 2 saturated heterocycles. The second-order valence-corrected chi connectivity index (χ2v) is 5.69. The first-order valence-electron chi connectivity index (χ1n) is 7.29. The Morgan fingerprint density at radius 3 is 2.95 bits per heavy atom. The molecule has 0 radical (unpaired) electrons. The van der Waals surface area contributed by atoms with Gasteiger partial charge in [-0.05, 0) is 26.3 Å². The largest absolute Gasteiger partial charge is 0.367 e. The number of nitro groups is 1. The molecule has 0 saturated carbocycles. The Labute approximate surface area is 123 Å². The van der Waals surface area contributed by atoms with Crippen LogP contribution in [0.1, 0.15) is 19.8 Å². The van der Waals surface area contributed by atoms with Crippen LogP contribution >= 0.6 is 0 Å². The van der Waals surface area contributed by atoms with Crippen molar-refractivity contribution < 1.29 is 4.92 Å². The molecule has 1 aromatic heterocycles. The monoisotopic (exact) mass is 292 g/mol. The van der Waals surface area contributed by atoms with E-state index in [9.17, 15) is 10.1 Å². The van der Waals surface area contributed by atoms with E-state index in [4.69, 9.17) is 0 Å². The lowest BCUT2D eigenvalue weighted by Crippen LogP contribution is -2.55. The number of anilines is 2. The molecule has 1 N–H and O–H groups in total. The van der Waals surface area contributed by atoms with Crippen LogP contribution in [-0.4, -0.2) is 58.6 Å². The Bertz CT molecular complexity index is 551. The summed E-state index contributed by atoms with van der Waals surface area (Å²) in [6, 6.07) is 0.687. The number of rotatable bonds is 3. The molecular formula is C13H20N6O2. The minimum atomic E-state index is -0.394. The standard InChI is InChI=1S/C13H20N6O2/c1-9-6-17-5-3-4-10(17)7-18(9)13-11(19(20)21)12(14-2)15-8-16-13/h8-10H,3-7H2,1-2H3,(H,14,15,16). The van der Waals surface area contributed by atoms with Crippen LogP contribution in [0.4, 0.5) is 17.3 Å². The second-order valence-electron chi connectivity index (χ2n) is 5.69. The van der Waals surface area contributed by atoms with E-state index < -0.39 is 4.92 Å². The Hall–Kier alpha value is -1.96. The number of aromatic nitrogens is 2. The van der Waals surface area contributed by atoms with Crippen molar-refractivity contribution >= 4 is 17.3 Å². The predicted octanol–water partition coefficient (Wildman–Crippen LogP) is 1.10. The lowest BCUT2D eigenvalue weighted by Gasteiger charge is -2.42. The first-order valence-corrected chi connectivity index (χ1v) is 7.29. The molecule has 2 fully saturated rings. The summed E-state index contributed by atoms with van der Waals surface area (Å²) < 4.78 is 0. The maximum absolute atomic E-state index is 11.4. The van der Waals surface area contributed by atoms with Gasteiger partial charge in [-0.2, -0.15) is 0 Å². The van der Waals surface area contributed by atoms with E-state index in [1.165, 1.54) is 12.7 Å². The summed E-state index contributed by atoms with van der Waals surface area (Å²) in [6.07, 6.45) is 3.75. The molecule has 2 aliphatic heterocycles. The maximum Gasteiger partial charge on any atom is 0.353 e. The SMILES string of the molecule is CNc1ncnc(N2CC3CCCN3CC2C)c1[N+](=O)[O-]. The van der Waals surface area contributed by atoms with Gasteiger partial charge in [0.05, 0.1) is 4.92 Å². The summed E-state index contributed by atoms with van der Waals surface area (Å²) in [6.45, 7) is 4.96. The van der Waals surface area contributed by atoms with Crippen molar-refractivity contribution in [1.29, 1.82) is 0 Å². The van der Waals surface area contributed by atoms with E-state index >= 15 is 0 Å². The average Bonchev–Trinajstić information content (AvgIpc) is 2.92. The highest BCUT2D eigenvalue weighted by Gasteiger charge is 2.38. The fourth-order valence-electron chi connectivity index (χ4n) is 3.41. The number of fused-ring (bicyclic) bond motifs is 1. The van der Waals surface area contributed by atoms with Gasteiger partial charge < -0.3 is 10.2 Å². The van der Waals surface area contributed by atoms with Crippen LogP contribution in [0.5, 0.6) is 0 Å². The van der Waals surface area contributed by atoms with Gasteiger partial charge in [-0.25, -0.2) is 9.97 Å². The highest BCUT2D eigenvalue weighted by atomic mass is 16.6. The van der Waals surface area contributed by atoms with Crippen LogP contribution in [0.2, 0.25) is 0 Å². The van der Waals surface area contributed by atoms with Gasteiger partial charge in [0.25, 0.3) is 0 Å². The van der Waals surface area contributed by atoms with Crippen LogP contribution in [-0.2, 0) is 0 Å². The molecule has 2 unspecified atom stereocenters. The van der Waals surface area contributed by atoms with Gasteiger partial charge >= 0.3 is 5.69 Å². The molecule has 1 aromatic rings. The molecule has 2 atom stereocenters. The molecule has 114 valence electrons. The maximum atomic E-state index is 11.4. The summed E-state index contributed by atoms with van der Waals surface area (Å²) in [5, 5.41) is 14.2. The Kier molecular flexibility index (Phi) is 3.62. The number of hydrogen-bond acceptors (Lipinski definition) is 7. The zero-order valence-electron chi connectivity index (χ0n) is 12.3. The van der Waals surface area contributed by atoms with Crippen molar-refractivity contribution in [3.8, 4) is 0 Å². The molecule has 0 aliphatic carbocycles. The summed E-state index contributed by atoms with van der Waals surface area (Å²) in [5.41, 5.74) is -0.0294. The third-order valence-electron chi connectivity index (χ3n) is 4.43. The van der Waals surface area contributed by atoms with E-state index in [1.54, 1.807) is 7.05 Å². The van der Waals surface area contributed by atoms with Crippen LogP contribution in [0.3, 0.4) is 0 Å². The lowest BCUT2D eigenvalue weighted by molar-refractivity contribution is -0.383. The van der Waals surface area contributed by atoms with Gasteiger partial charge in [-0.15, -0.1) is 0 Å². The first-order chi connectivity index (χ1) is 10.1. The van der Waals surface area contributed by atoms with Gasteiger partial charge in [0.2, 0.25) is 11.6 Å². The Morgan fingerprint density at radius 2 is 2.24 bits per heavy atom. The van der Waals surface area contributed by atoms with Gasteiger partial charge in [0.15, 0.2) is 0 Å². The molecule has 2 aliphatic rings. The van der Waals surface area contributed by atoms with E-state index in [0.29, 0.717) is 11.9 Å². The Morgan fingerprint density at radius 1 is 1.43 bits per heavy atom. The van der Waals surface area contributed by atoms with Crippen LogP contribution in [0.25, 0.3) is 0 Å². The molecular weight excluding hydrogens is 272 g/mol. The number of piperazine rings is 1. The smallest absolute Gasteiger partial charge is 0.353 e. The summed E-state index contributed by atoms with van der Waals surface area (Å²) >= 11 is 0. The van der Waals surface area contributed by atoms with Crippen molar-refractivity contribution in [1.82, 2.24) is 14.9 Å². The molecule has 0 spiro atoms. The Balaban J connectivity index is 1.97. The summed E-state index contributed by atoms with van der Waals surface area (Å²) in [4.78, 5) is 23.8. The van der Waals surface area contributed by atoms with E-state index in [2.05, 4.69) is 32.0 Å². The highest BCUT2D eigenvalue weighted by Crippen LogP contribution is 2.35. The molecule has 3 rings (SSSR count). The molecule has 0 aromatic carbocycles. The van der Waals surface area contributed by atoms with E-state index in [0.717, 1.165) is 26.1 Å². The van der Waals surface area contributed by atoms with Gasteiger partial charge in [-0.3, -0.25) is 15.0 Å². The predicted molar refractivity (Wildman–Crippen MR) is 79.6 cm³/mol. The third-order valence-corrected chi connectivity index (χ3v) is 4.43. The summed E-state index contributed by atoms with van der Waals surface area (Å²) in [7, 11) is 1.64. The topological polar surface area (TPSA) is 87.4 Å². The first kappa shape index (κ1) is 14.0. The number of nitrogens with zero attached hydrogens (tertiary/aromatic N) is 5. The molecule has 0 amide bonds. The average molecular weight is 292 g/mol. The molecule has 3 heterocycles. The van der Waals surface area contributed by atoms with E-state index in [1.807, 2.05) is 0 Å². The second kappa shape index (κ2) is 5.44. The third kappa shape index (κ3) is 2.39. The highest BCUT2D eigenvalue weighted by molar-refractivity contribution is 5.70. The van der Waals surface area contributed by atoms with Crippen molar-refractivity contribution in [2.45, 2.75) is 31.8 Å². The van der Waals surface area contributed by atoms with Gasteiger partial charge in [0.1, 0.15) is 6.33 Å². The summed E-state index contributed by atoms with van der Waals surface area (Å²) in [5.74, 6) is 0.699. The molecule has 21 heavy (non-hydrogen) atoms. The fraction of sp³-hybridized carbons (Fsp3) is 0.692. The van der Waals surface area contributed by atoms with Crippen LogP contribution in [0, 0.1) is 10.1 Å². The van der Waals surface area contributed by atoms with Crippen molar-refractivity contribution in [3.63, 3.8) is 0 Å². The fourth-order valence-corrected chi connectivity index (χ4v) is 3.41. The van der Waals surface area contributed by atoms with Crippen molar-refractivity contribution in [3.05, 3.63) is 16.4 Å². The molecule has 0 bridgehead atoms. The molecule has 8 nitrogen and oxygen atoms in total. The normalized spacial score (nSPS) is 25.7. The van der Waals surface area contributed by atoms with Crippen molar-refractivity contribution in [2.75, 3.05) is 36.9 Å². The van der Waals surface area contributed by atoms with Gasteiger partial charge in [-0.1, -0.05) is 0 Å². The van der Waals surface area contributed by atoms with Gasteiger partial charge in [0, 0.05) is 32.2 Å². The zero-order valence-corrected chi connectivity index (χ0v) is 12.3. The number of nitrogens with one attached hydrogen (secondary N) is 1. The van der Waals surface area contributed by atoms with E-state index in [-0.39, 0.29) is 17.5 Å². The van der Waals surface area contributed by atoms with Crippen LogP contribution < -0.4 is 10.2 Å². The lowest BCUT2D eigenvalue weighted by atomic mass is 10.1. The minimum absolute atomic E-state index is 0.0294. The van der Waals surface area contributed by atoms with Crippen LogP contribution in [0.15, 0.2) is 6.33 Å². The number of hydrogen-bond donors (Lipinski definition) is 1. The van der Waals surface area contributed by atoms with Crippen molar-refractivity contribution in [2.24, 2.45) is 0 Å².